The third kappa shape index (κ3) is 2.62. The summed E-state index contributed by atoms with van der Waals surface area (Å²) < 4.78 is 24.1. The highest BCUT2D eigenvalue weighted by atomic mass is 19.3. The minimum atomic E-state index is -2.87. The minimum Gasteiger partial charge on any atom is -0.385 e. The quantitative estimate of drug-likeness (QED) is 0.760. The zero-order chi connectivity index (χ0) is 13.1. The predicted molar refractivity (Wildman–Crippen MR) is 60.4 cm³/mol. The summed E-state index contributed by atoms with van der Waals surface area (Å²) in [7, 11) is 0. The average molecular weight is 255 g/mol. The Morgan fingerprint density at radius 2 is 2.28 bits per heavy atom. The van der Waals surface area contributed by atoms with Gasteiger partial charge in [-0.05, 0) is 12.1 Å². The molecule has 0 aliphatic rings. The number of H-pyrrole nitrogens is 1. The molecule has 1 aromatic carbocycles. The topological polar surface area (TPSA) is 78.0 Å². The monoisotopic (exact) mass is 255 g/mol. The van der Waals surface area contributed by atoms with Crippen molar-refractivity contribution in [3.63, 3.8) is 0 Å². The van der Waals surface area contributed by atoms with E-state index in [0.717, 1.165) is 5.39 Å². The molecule has 0 fully saturated rings. The van der Waals surface area contributed by atoms with Gasteiger partial charge in [0.15, 0.2) is 0 Å². The first-order valence-electron chi connectivity index (χ1n) is 5.25. The number of aromatic nitrogens is 2. The van der Waals surface area contributed by atoms with Gasteiger partial charge in [-0.15, -0.1) is 0 Å². The first-order valence-corrected chi connectivity index (χ1v) is 5.25. The van der Waals surface area contributed by atoms with Crippen molar-refractivity contribution in [3.8, 4) is 0 Å². The largest absolute Gasteiger partial charge is 0.385 e. The lowest BCUT2D eigenvalue weighted by Crippen LogP contribution is -2.35. The smallest absolute Gasteiger partial charge is 0.265 e. The molecule has 0 aliphatic heterocycles. The van der Waals surface area contributed by atoms with Gasteiger partial charge in [-0.2, -0.15) is 5.10 Å². The normalized spacial score (nSPS) is 12.9. The summed E-state index contributed by atoms with van der Waals surface area (Å²) in [5, 5.41) is 18.5. The lowest BCUT2D eigenvalue weighted by Gasteiger charge is -2.10. The van der Waals surface area contributed by atoms with Gasteiger partial charge in [-0.1, -0.05) is 6.07 Å². The maximum atomic E-state index is 12.0. The zero-order valence-electron chi connectivity index (χ0n) is 9.23. The van der Waals surface area contributed by atoms with Crippen LogP contribution in [0.4, 0.5) is 8.78 Å². The Kier molecular flexibility index (Phi) is 3.52. The summed E-state index contributed by atoms with van der Waals surface area (Å²) in [4.78, 5) is 11.6. The molecule has 0 saturated carbocycles. The van der Waals surface area contributed by atoms with Gasteiger partial charge >= 0.3 is 0 Å². The molecule has 1 amide bonds. The van der Waals surface area contributed by atoms with Crippen molar-refractivity contribution in [1.82, 2.24) is 15.5 Å². The Hall–Kier alpha value is -2.02. The number of hydrogen-bond donors (Lipinski definition) is 3. The number of benzene rings is 1. The van der Waals surface area contributed by atoms with E-state index in [9.17, 15) is 13.6 Å². The van der Waals surface area contributed by atoms with E-state index in [-0.39, 0.29) is 0 Å². The molecular formula is C11H11F2N3O2. The number of carbonyl (C=O) groups excluding carboxylic acids is 1. The van der Waals surface area contributed by atoms with E-state index in [1.54, 1.807) is 24.4 Å². The van der Waals surface area contributed by atoms with Crippen molar-refractivity contribution in [1.29, 1.82) is 0 Å². The first kappa shape index (κ1) is 12.4. The van der Waals surface area contributed by atoms with Crippen LogP contribution in [-0.2, 0) is 0 Å². The van der Waals surface area contributed by atoms with Gasteiger partial charge in [-0.3, -0.25) is 9.89 Å². The second-order valence-electron chi connectivity index (χ2n) is 3.78. The Morgan fingerprint density at radius 1 is 1.50 bits per heavy atom. The van der Waals surface area contributed by atoms with Crippen LogP contribution < -0.4 is 5.32 Å². The zero-order valence-corrected chi connectivity index (χ0v) is 9.23. The van der Waals surface area contributed by atoms with Crippen LogP contribution in [0.15, 0.2) is 24.4 Å². The van der Waals surface area contributed by atoms with Crippen molar-refractivity contribution in [2.45, 2.75) is 12.5 Å². The van der Waals surface area contributed by atoms with Crippen molar-refractivity contribution in [3.05, 3.63) is 30.0 Å². The summed E-state index contributed by atoms with van der Waals surface area (Å²) in [6, 6.07) is 4.81. The molecule has 1 heterocycles. The summed E-state index contributed by atoms with van der Waals surface area (Å²) in [6.45, 7) is -0.489. The number of aromatic amines is 1. The van der Waals surface area contributed by atoms with Crippen molar-refractivity contribution < 1.29 is 18.7 Å². The number of nitrogens with one attached hydrogen (secondary N) is 2. The first-order chi connectivity index (χ1) is 8.58. The van der Waals surface area contributed by atoms with Crippen LogP contribution in [-0.4, -0.2) is 40.3 Å². The highest BCUT2D eigenvalue weighted by Gasteiger charge is 2.17. The number of alkyl halides is 2. The van der Waals surface area contributed by atoms with Gasteiger partial charge in [0.2, 0.25) is 0 Å². The number of aliphatic hydroxyl groups excluding tert-OH is 1. The van der Waals surface area contributed by atoms with Crippen LogP contribution in [0.3, 0.4) is 0 Å². The fourth-order valence-corrected chi connectivity index (χ4v) is 1.47. The van der Waals surface area contributed by atoms with Crippen molar-refractivity contribution in [2.24, 2.45) is 0 Å². The van der Waals surface area contributed by atoms with E-state index in [4.69, 9.17) is 5.11 Å². The Labute approximate surface area is 101 Å². The molecular weight excluding hydrogens is 244 g/mol. The lowest BCUT2D eigenvalue weighted by atomic mass is 10.1. The molecule has 96 valence electrons. The number of hydrogen-bond acceptors (Lipinski definition) is 3. The molecule has 2 rings (SSSR count). The molecule has 1 unspecified atom stereocenters. The molecule has 2 aromatic rings. The predicted octanol–water partition coefficient (Wildman–Crippen LogP) is 0.919. The van der Waals surface area contributed by atoms with Crippen molar-refractivity contribution >= 4 is 16.8 Å². The van der Waals surface area contributed by atoms with Crippen LogP contribution >= 0.6 is 0 Å². The lowest BCUT2D eigenvalue weighted by molar-refractivity contribution is -0.00270. The van der Waals surface area contributed by atoms with Crippen LogP contribution in [0, 0.1) is 0 Å². The van der Waals surface area contributed by atoms with Gasteiger partial charge < -0.3 is 10.4 Å². The van der Waals surface area contributed by atoms with Crippen LogP contribution in [0.25, 0.3) is 10.9 Å². The molecule has 0 bridgehead atoms. The van der Waals surface area contributed by atoms with Gasteiger partial charge in [0.05, 0.1) is 11.7 Å². The number of halogens is 2. The van der Waals surface area contributed by atoms with Crippen molar-refractivity contribution in [2.75, 3.05) is 6.54 Å². The number of amides is 1. The highest BCUT2D eigenvalue weighted by molar-refractivity contribution is 5.97. The summed E-state index contributed by atoms with van der Waals surface area (Å²) in [6.07, 6.45) is -3.12. The summed E-state index contributed by atoms with van der Waals surface area (Å²) in [5.74, 6) is -0.522. The third-order valence-electron chi connectivity index (χ3n) is 2.47. The Morgan fingerprint density at radius 3 is 3.00 bits per heavy atom. The second kappa shape index (κ2) is 5.09. The van der Waals surface area contributed by atoms with Crippen LogP contribution in [0.5, 0.6) is 0 Å². The standard InChI is InChI=1S/C11H11F2N3O2/c12-10(13)9(17)5-14-11(18)6-1-2-7-4-15-16-8(7)3-6/h1-4,9-10,17H,5H2,(H,14,18)(H,15,16). The molecule has 0 radical (unpaired) electrons. The molecule has 0 spiro atoms. The van der Waals surface area contributed by atoms with E-state index >= 15 is 0 Å². The van der Waals surface area contributed by atoms with E-state index in [0.29, 0.717) is 11.1 Å². The fraction of sp³-hybridized carbons (Fsp3) is 0.273. The van der Waals surface area contributed by atoms with Gasteiger partial charge in [0.25, 0.3) is 12.3 Å². The van der Waals surface area contributed by atoms with E-state index < -0.39 is 25.0 Å². The number of nitrogens with zero attached hydrogens (tertiary/aromatic N) is 1. The summed E-state index contributed by atoms with van der Waals surface area (Å²) >= 11 is 0. The molecule has 0 saturated heterocycles. The number of fused-ring (bicyclic) bond motifs is 1. The van der Waals surface area contributed by atoms with Crippen LogP contribution in [0.1, 0.15) is 10.4 Å². The second-order valence-corrected chi connectivity index (χ2v) is 3.78. The molecule has 18 heavy (non-hydrogen) atoms. The summed E-state index contributed by atoms with van der Waals surface area (Å²) in [5.41, 5.74) is 0.991. The maximum absolute atomic E-state index is 12.0. The van der Waals surface area contributed by atoms with Gasteiger partial charge in [0, 0.05) is 17.5 Å². The maximum Gasteiger partial charge on any atom is 0.265 e. The van der Waals surface area contributed by atoms with Gasteiger partial charge in [-0.25, -0.2) is 8.78 Å². The molecule has 7 heteroatoms. The average Bonchev–Trinajstić information content (AvgIpc) is 2.82. The number of aliphatic hydroxyl groups is 1. The minimum absolute atomic E-state index is 0.313. The fourth-order valence-electron chi connectivity index (χ4n) is 1.47. The van der Waals surface area contributed by atoms with E-state index in [1.807, 2.05) is 0 Å². The SMILES string of the molecule is O=C(NCC(O)C(F)F)c1ccc2cn[nH]c2c1. The molecule has 0 aliphatic carbocycles. The third-order valence-corrected chi connectivity index (χ3v) is 2.47. The number of carbonyl (C=O) groups is 1. The Bertz CT molecular complexity index is 556. The van der Waals surface area contributed by atoms with E-state index in [1.165, 1.54) is 0 Å². The van der Waals surface area contributed by atoms with E-state index in [2.05, 4.69) is 15.5 Å². The van der Waals surface area contributed by atoms with Crippen LogP contribution in [0.2, 0.25) is 0 Å². The number of rotatable bonds is 4. The Balaban J connectivity index is 2.04. The highest BCUT2D eigenvalue weighted by Crippen LogP contribution is 2.12. The molecule has 3 N–H and O–H groups in total. The molecule has 1 aromatic heterocycles. The molecule has 1 atom stereocenters. The van der Waals surface area contributed by atoms with Gasteiger partial charge in [0.1, 0.15) is 6.10 Å². The molecule has 5 nitrogen and oxygen atoms in total.